The van der Waals surface area contributed by atoms with E-state index in [4.69, 9.17) is 5.11 Å². The second-order valence-electron chi connectivity index (χ2n) is 2.94. The number of aryl methyl sites for hydroxylation is 1. The van der Waals surface area contributed by atoms with E-state index < -0.39 is 17.6 Å². The molecule has 2 rings (SSSR count). The number of hydrogen-bond acceptors (Lipinski definition) is 7. The van der Waals surface area contributed by atoms with Crippen molar-refractivity contribution in [2.75, 3.05) is 5.32 Å². The number of carboxylic acid groups (broad SMARTS) is 1. The molecule has 2 heterocycles. The number of aromatic carboxylic acids is 1. The van der Waals surface area contributed by atoms with E-state index in [9.17, 15) is 9.59 Å². The molecule has 0 saturated carbocycles. The topological polar surface area (TPSA) is 136 Å². The monoisotopic (exact) mass is 238 g/mol. The number of rotatable bonds is 3. The third kappa shape index (κ3) is 2.25. The molecule has 10 heteroatoms. The minimum Gasteiger partial charge on any atom is -0.475 e. The molecule has 17 heavy (non-hydrogen) atoms. The van der Waals surface area contributed by atoms with Crippen molar-refractivity contribution in [2.45, 2.75) is 0 Å². The van der Waals surface area contributed by atoms with Gasteiger partial charge in [-0.3, -0.25) is 10.1 Å². The smallest absolute Gasteiger partial charge is 0.374 e. The van der Waals surface area contributed by atoms with Gasteiger partial charge < -0.3 is 9.63 Å². The van der Waals surface area contributed by atoms with E-state index in [0.29, 0.717) is 0 Å². The summed E-state index contributed by atoms with van der Waals surface area (Å²) in [6.45, 7) is 0. The van der Waals surface area contributed by atoms with Crippen molar-refractivity contribution in [3.8, 4) is 0 Å². The number of nitrogens with one attached hydrogen (secondary N) is 1. The standard InChI is InChI=1S/C7H6N6O4/c1-13-10-7(9-12-13)8-5(14)3-2-4(6(15)16)17-11-3/h2H,1H3,(H,15,16)(H,8,10,14). The molecule has 0 atom stereocenters. The predicted octanol–water partition coefficient (Wildman–Crippen LogP) is -0.851. The van der Waals surface area contributed by atoms with Gasteiger partial charge >= 0.3 is 5.97 Å². The molecule has 0 saturated heterocycles. The Labute approximate surface area is 93.2 Å². The summed E-state index contributed by atoms with van der Waals surface area (Å²) in [5.74, 6) is -2.44. The minimum atomic E-state index is -1.31. The Morgan fingerprint density at radius 2 is 2.29 bits per heavy atom. The molecule has 0 aliphatic heterocycles. The lowest BCUT2D eigenvalue weighted by molar-refractivity contribution is 0.0651. The highest BCUT2D eigenvalue weighted by atomic mass is 16.5. The summed E-state index contributed by atoms with van der Waals surface area (Å²) in [6.07, 6.45) is 0. The highest BCUT2D eigenvalue weighted by molar-refractivity contribution is 6.02. The number of anilines is 1. The highest BCUT2D eigenvalue weighted by Gasteiger charge is 2.17. The summed E-state index contributed by atoms with van der Waals surface area (Å²) >= 11 is 0. The molecule has 0 aliphatic rings. The van der Waals surface area contributed by atoms with Crippen LogP contribution in [0.25, 0.3) is 0 Å². The molecular weight excluding hydrogens is 232 g/mol. The zero-order valence-electron chi connectivity index (χ0n) is 8.49. The molecule has 2 aromatic rings. The molecule has 0 radical (unpaired) electrons. The van der Waals surface area contributed by atoms with Crippen LogP contribution in [0.5, 0.6) is 0 Å². The van der Waals surface area contributed by atoms with Gasteiger partial charge in [0.25, 0.3) is 11.9 Å². The molecule has 0 spiro atoms. The lowest BCUT2D eigenvalue weighted by Crippen LogP contribution is -2.13. The molecule has 1 amide bonds. The number of carbonyl (C=O) groups is 2. The van der Waals surface area contributed by atoms with Gasteiger partial charge in [0.05, 0.1) is 7.05 Å². The average Bonchev–Trinajstić information content (AvgIpc) is 2.86. The van der Waals surface area contributed by atoms with Gasteiger partial charge in [-0.1, -0.05) is 10.3 Å². The van der Waals surface area contributed by atoms with Gasteiger partial charge in [-0.25, -0.2) is 4.79 Å². The Balaban J connectivity index is 2.11. The van der Waals surface area contributed by atoms with Crippen molar-refractivity contribution in [1.29, 1.82) is 0 Å². The zero-order valence-corrected chi connectivity index (χ0v) is 8.49. The molecule has 0 fully saturated rings. The summed E-state index contributed by atoms with van der Waals surface area (Å²) in [5.41, 5.74) is -0.185. The first-order valence-electron chi connectivity index (χ1n) is 4.31. The maximum atomic E-state index is 11.5. The van der Waals surface area contributed by atoms with E-state index in [2.05, 4.69) is 30.4 Å². The molecule has 10 nitrogen and oxygen atoms in total. The number of nitrogens with zero attached hydrogens (tertiary/aromatic N) is 5. The van der Waals surface area contributed by atoms with E-state index in [0.717, 1.165) is 10.9 Å². The van der Waals surface area contributed by atoms with Crippen LogP contribution in [0.3, 0.4) is 0 Å². The summed E-state index contributed by atoms with van der Waals surface area (Å²) in [6, 6.07) is 0.994. The van der Waals surface area contributed by atoms with E-state index in [1.807, 2.05) is 0 Å². The fourth-order valence-electron chi connectivity index (χ4n) is 0.983. The average molecular weight is 238 g/mol. The van der Waals surface area contributed by atoms with E-state index in [-0.39, 0.29) is 11.6 Å². The third-order valence-corrected chi connectivity index (χ3v) is 1.69. The molecule has 0 aromatic carbocycles. The van der Waals surface area contributed by atoms with Crippen molar-refractivity contribution < 1.29 is 19.2 Å². The van der Waals surface area contributed by atoms with E-state index >= 15 is 0 Å². The largest absolute Gasteiger partial charge is 0.475 e. The van der Waals surface area contributed by atoms with E-state index in [1.165, 1.54) is 7.05 Å². The number of carboxylic acids is 1. The Morgan fingerprint density at radius 3 is 2.82 bits per heavy atom. The van der Waals surface area contributed by atoms with Crippen molar-refractivity contribution in [1.82, 2.24) is 25.4 Å². The highest BCUT2D eigenvalue weighted by Crippen LogP contribution is 2.05. The fraction of sp³-hybridized carbons (Fsp3) is 0.143. The summed E-state index contributed by atoms with van der Waals surface area (Å²) in [4.78, 5) is 23.2. The lowest BCUT2D eigenvalue weighted by atomic mass is 10.3. The first kappa shape index (κ1) is 10.7. The van der Waals surface area contributed by atoms with Gasteiger partial charge in [0.1, 0.15) is 0 Å². The summed E-state index contributed by atoms with van der Waals surface area (Å²) in [7, 11) is 1.53. The first-order valence-corrected chi connectivity index (χ1v) is 4.31. The quantitative estimate of drug-likeness (QED) is 0.705. The van der Waals surface area contributed by atoms with Crippen LogP contribution >= 0.6 is 0 Å². The second-order valence-corrected chi connectivity index (χ2v) is 2.94. The second kappa shape index (κ2) is 4.00. The van der Waals surface area contributed by atoms with Crippen LogP contribution in [0.15, 0.2) is 10.6 Å². The van der Waals surface area contributed by atoms with Gasteiger partial charge in [0.2, 0.25) is 5.76 Å². The van der Waals surface area contributed by atoms with Crippen LogP contribution in [0.1, 0.15) is 21.0 Å². The Hall–Kier alpha value is -2.78. The van der Waals surface area contributed by atoms with Crippen LogP contribution in [-0.4, -0.2) is 42.3 Å². The Morgan fingerprint density at radius 1 is 1.53 bits per heavy atom. The maximum absolute atomic E-state index is 11.5. The fourth-order valence-corrected chi connectivity index (χ4v) is 0.983. The molecule has 2 N–H and O–H groups in total. The molecule has 0 aliphatic carbocycles. The minimum absolute atomic E-state index is 0.0163. The van der Waals surface area contributed by atoms with E-state index in [1.54, 1.807) is 0 Å². The predicted molar refractivity (Wildman–Crippen MR) is 50.2 cm³/mol. The summed E-state index contributed by atoms with van der Waals surface area (Å²) in [5, 5.41) is 24.9. The maximum Gasteiger partial charge on any atom is 0.374 e. The Bertz CT molecular complexity index is 572. The van der Waals surface area contributed by atoms with Gasteiger partial charge in [0.15, 0.2) is 5.69 Å². The van der Waals surface area contributed by atoms with Crippen LogP contribution < -0.4 is 5.32 Å². The SMILES string of the molecule is Cn1nnc(NC(=O)c2cc(C(=O)O)on2)n1. The van der Waals surface area contributed by atoms with Crippen LogP contribution in [0.4, 0.5) is 5.95 Å². The summed E-state index contributed by atoms with van der Waals surface area (Å²) < 4.78 is 4.42. The van der Waals surface area contributed by atoms with Crippen molar-refractivity contribution in [3.63, 3.8) is 0 Å². The van der Waals surface area contributed by atoms with Crippen LogP contribution in [0.2, 0.25) is 0 Å². The first-order chi connectivity index (χ1) is 8.06. The Kier molecular flexibility index (Phi) is 2.52. The molecule has 0 bridgehead atoms. The molecule has 2 aromatic heterocycles. The molecule has 0 unspecified atom stereocenters. The number of carbonyl (C=O) groups excluding carboxylic acids is 1. The number of hydrogen-bond donors (Lipinski definition) is 2. The van der Waals surface area contributed by atoms with Gasteiger partial charge in [-0.05, 0) is 5.21 Å². The number of tetrazole rings is 1. The van der Waals surface area contributed by atoms with Gasteiger partial charge in [0, 0.05) is 6.07 Å². The van der Waals surface area contributed by atoms with Crippen LogP contribution in [0, 0.1) is 0 Å². The van der Waals surface area contributed by atoms with Crippen molar-refractivity contribution >= 4 is 17.8 Å². The number of aromatic nitrogens is 5. The van der Waals surface area contributed by atoms with Crippen molar-refractivity contribution in [2.24, 2.45) is 7.05 Å². The molecular formula is C7H6N6O4. The van der Waals surface area contributed by atoms with Crippen molar-refractivity contribution in [3.05, 3.63) is 17.5 Å². The zero-order chi connectivity index (χ0) is 12.4. The lowest BCUT2D eigenvalue weighted by Gasteiger charge is -1.93. The van der Waals surface area contributed by atoms with Gasteiger partial charge in [-0.15, -0.1) is 5.10 Å². The van der Waals surface area contributed by atoms with Crippen LogP contribution in [-0.2, 0) is 7.05 Å². The molecule has 88 valence electrons. The third-order valence-electron chi connectivity index (χ3n) is 1.69. The van der Waals surface area contributed by atoms with Gasteiger partial charge in [-0.2, -0.15) is 4.80 Å². The normalized spacial score (nSPS) is 10.2. The number of amides is 1.